The van der Waals surface area contributed by atoms with Gasteiger partial charge in [0.1, 0.15) is 0 Å². The highest BCUT2D eigenvalue weighted by Crippen LogP contribution is 2.12. The van der Waals surface area contributed by atoms with Crippen molar-refractivity contribution >= 4 is 5.97 Å². The Morgan fingerprint density at radius 2 is 1.43 bits per heavy atom. The van der Waals surface area contributed by atoms with Gasteiger partial charge in [-0.15, -0.1) is 0 Å². The van der Waals surface area contributed by atoms with Crippen molar-refractivity contribution in [1.82, 2.24) is 0 Å². The average Bonchev–Trinajstić information content (AvgIpc) is 2.58. The van der Waals surface area contributed by atoms with Crippen LogP contribution in [0.2, 0.25) is 0 Å². The summed E-state index contributed by atoms with van der Waals surface area (Å²) in [7, 11) is 1.24. The van der Waals surface area contributed by atoms with E-state index in [2.05, 4.69) is 16.5 Å². The van der Waals surface area contributed by atoms with Gasteiger partial charge in [0.2, 0.25) is 5.76 Å². The van der Waals surface area contributed by atoms with E-state index in [0.29, 0.717) is 0 Å². The highest BCUT2D eigenvalue weighted by molar-refractivity contribution is 5.86. The van der Waals surface area contributed by atoms with E-state index >= 15 is 0 Å². The molecule has 0 aliphatic carbocycles. The molecule has 0 fully saturated rings. The van der Waals surface area contributed by atoms with Crippen molar-refractivity contribution in [3.63, 3.8) is 0 Å². The van der Waals surface area contributed by atoms with Crippen molar-refractivity contribution in [2.75, 3.05) is 7.11 Å². The second kappa shape index (κ2) is 17.1. The highest BCUT2D eigenvalue weighted by Gasteiger charge is 2.09. The fraction of sp³-hybridized carbons (Fsp3) is 0.737. The lowest BCUT2D eigenvalue weighted by molar-refractivity contribution is -0.211. The van der Waals surface area contributed by atoms with Crippen LogP contribution in [0.5, 0.6) is 0 Å². The van der Waals surface area contributed by atoms with E-state index in [1.807, 2.05) is 6.08 Å². The molecule has 4 heteroatoms. The van der Waals surface area contributed by atoms with Crippen LogP contribution in [-0.4, -0.2) is 18.3 Å². The van der Waals surface area contributed by atoms with Crippen LogP contribution in [0.15, 0.2) is 24.0 Å². The van der Waals surface area contributed by atoms with E-state index < -0.39 is 5.97 Å². The third-order valence-corrected chi connectivity index (χ3v) is 3.84. The molecular weight excluding hydrogens is 292 g/mol. The monoisotopic (exact) mass is 326 g/mol. The number of esters is 1. The Morgan fingerprint density at radius 1 is 0.913 bits per heavy atom. The van der Waals surface area contributed by atoms with Crippen LogP contribution in [0.25, 0.3) is 0 Å². The van der Waals surface area contributed by atoms with Gasteiger partial charge in [-0.1, -0.05) is 83.3 Å². The maximum atomic E-state index is 11.1. The fourth-order valence-corrected chi connectivity index (χ4v) is 2.41. The Balaban J connectivity index is 3.43. The quantitative estimate of drug-likeness (QED) is 0.0787. The summed E-state index contributed by atoms with van der Waals surface area (Å²) < 4.78 is 4.45. The van der Waals surface area contributed by atoms with Gasteiger partial charge in [0.15, 0.2) is 0 Å². The minimum Gasteiger partial charge on any atom is -0.463 e. The van der Waals surface area contributed by atoms with Gasteiger partial charge in [0.25, 0.3) is 0 Å². The van der Waals surface area contributed by atoms with Crippen molar-refractivity contribution in [2.24, 2.45) is 0 Å². The van der Waals surface area contributed by atoms with E-state index in [1.165, 1.54) is 77.4 Å². The molecule has 0 saturated heterocycles. The first kappa shape index (κ1) is 21.7. The molecule has 0 aliphatic rings. The lowest BCUT2D eigenvalue weighted by Crippen LogP contribution is -2.06. The molecule has 0 bridgehead atoms. The predicted octanol–water partition coefficient (Wildman–Crippen LogP) is 5.79. The van der Waals surface area contributed by atoms with E-state index in [0.717, 1.165) is 12.8 Å². The average molecular weight is 326 g/mol. The number of carbonyl (C=O) groups is 1. The Hall–Kier alpha value is -1.29. The summed E-state index contributed by atoms with van der Waals surface area (Å²) in [6.07, 6.45) is 20.7. The van der Waals surface area contributed by atoms with Crippen LogP contribution in [0.3, 0.4) is 0 Å². The van der Waals surface area contributed by atoms with Gasteiger partial charge in [-0.25, -0.2) is 10.1 Å². The lowest BCUT2D eigenvalue weighted by atomic mass is 10.1. The zero-order valence-electron chi connectivity index (χ0n) is 14.9. The SMILES string of the molecule is CCCCCCCCCCCCCC=CC=C(OO)C(=O)OC. The van der Waals surface area contributed by atoms with Crippen molar-refractivity contribution < 1.29 is 19.7 Å². The zero-order chi connectivity index (χ0) is 17.2. The first-order chi connectivity index (χ1) is 11.3. The Labute approximate surface area is 141 Å². The van der Waals surface area contributed by atoms with Crippen molar-refractivity contribution in [3.8, 4) is 0 Å². The number of ether oxygens (including phenoxy) is 1. The van der Waals surface area contributed by atoms with Gasteiger partial charge >= 0.3 is 5.97 Å². The molecule has 0 aromatic carbocycles. The molecule has 0 saturated carbocycles. The molecule has 0 aromatic rings. The third-order valence-electron chi connectivity index (χ3n) is 3.84. The second-order valence-electron chi connectivity index (χ2n) is 5.87. The van der Waals surface area contributed by atoms with Crippen LogP contribution < -0.4 is 0 Å². The number of hydrogen-bond donors (Lipinski definition) is 1. The molecule has 4 nitrogen and oxygen atoms in total. The van der Waals surface area contributed by atoms with E-state index in [9.17, 15) is 4.79 Å². The van der Waals surface area contributed by atoms with Crippen molar-refractivity contribution in [2.45, 2.75) is 84.0 Å². The van der Waals surface area contributed by atoms with Gasteiger partial charge in [-0.2, -0.15) is 0 Å². The minimum absolute atomic E-state index is 0.206. The van der Waals surface area contributed by atoms with Crippen molar-refractivity contribution in [1.29, 1.82) is 0 Å². The van der Waals surface area contributed by atoms with E-state index in [4.69, 9.17) is 5.26 Å². The number of rotatable bonds is 15. The van der Waals surface area contributed by atoms with Crippen LogP contribution in [0.4, 0.5) is 0 Å². The van der Waals surface area contributed by atoms with Gasteiger partial charge in [-0.3, -0.25) is 0 Å². The number of methoxy groups -OCH3 is 1. The molecule has 0 spiro atoms. The molecule has 0 heterocycles. The number of hydrogen-bond acceptors (Lipinski definition) is 4. The molecule has 0 radical (unpaired) electrons. The lowest BCUT2D eigenvalue weighted by Gasteiger charge is -2.01. The van der Waals surface area contributed by atoms with Gasteiger partial charge in [0.05, 0.1) is 7.11 Å². The highest BCUT2D eigenvalue weighted by atomic mass is 17.1. The number of carbonyl (C=O) groups excluding carboxylic acids is 1. The molecule has 1 N–H and O–H groups in total. The van der Waals surface area contributed by atoms with Crippen LogP contribution >= 0.6 is 0 Å². The topological polar surface area (TPSA) is 55.8 Å². The Kier molecular flexibility index (Phi) is 16.1. The molecule has 0 atom stereocenters. The Bertz CT molecular complexity index is 334. The molecule has 0 unspecified atom stereocenters. The summed E-state index contributed by atoms with van der Waals surface area (Å²) in [4.78, 5) is 15.1. The van der Waals surface area contributed by atoms with Gasteiger partial charge < -0.3 is 9.62 Å². The summed E-state index contributed by atoms with van der Waals surface area (Å²) in [5.41, 5.74) is 0. The summed E-state index contributed by atoms with van der Waals surface area (Å²) in [6, 6.07) is 0. The van der Waals surface area contributed by atoms with Crippen LogP contribution in [0, 0.1) is 0 Å². The Morgan fingerprint density at radius 3 is 1.91 bits per heavy atom. The van der Waals surface area contributed by atoms with Gasteiger partial charge in [-0.05, 0) is 18.9 Å². The van der Waals surface area contributed by atoms with Gasteiger partial charge in [0, 0.05) is 0 Å². The maximum Gasteiger partial charge on any atom is 0.377 e. The number of allylic oxidation sites excluding steroid dienone is 3. The maximum absolute atomic E-state index is 11.1. The predicted molar refractivity (Wildman–Crippen MR) is 94.0 cm³/mol. The largest absolute Gasteiger partial charge is 0.463 e. The smallest absolute Gasteiger partial charge is 0.377 e. The molecule has 23 heavy (non-hydrogen) atoms. The van der Waals surface area contributed by atoms with Crippen molar-refractivity contribution in [3.05, 3.63) is 24.0 Å². The molecule has 0 amide bonds. The molecule has 0 aliphatic heterocycles. The normalized spacial score (nSPS) is 11.9. The first-order valence-corrected chi connectivity index (χ1v) is 9.02. The molecule has 0 rings (SSSR count). The molecule has 134 valence electrons. The fourth-order valence-electron chi connectivity index (χ4n) is 2.41. The minimum atomic E-state index is -0.688. The summed E-state index contributed by atoms with van der Waals surface area (Å²) >= 11 is 0. The van der Waals surface area contributed by atoms with Crippen LogP contribution in [-0.2, 0) is 14.4 Å². The standard InChI is InChI=1S/C19H34O4/c1-3-4-5-6-7-8-9-10-11-12-13-14-15-16-17-18(23-21)19(20)22-2/h15-17,21H,3-14H2,1-2H3. The summed E-state index contributed by atoms with van der Waals surface area (Å²) in [6.45, 7) is 2.25. The third kappa shape index (κ3) is 14.1. The molecular formula is C19H34O4. The summed E-state index contributed by atoms with van der Waals surface area (Å²) in [5.74, 6) is -0.894. The first-order valence-electron chi connectivity index (χ1n) is 9.02. The zero-order valence-corrected chi connectivity index (χ0v) is 14.9. The van der Waals surface area contributed by atoms with Crippen LogP contribution in [0.1, 0.15) is 84.0 Å². The number of unbranched alkanes of at least 4 members (excludes halogenated alkanes) is 11. The van der Waals surface area contributed by atoms with E-state index in [1.54, 1.807) is 6.08 Å². The molecule has 0 aromatic heterocycles. The van der Waals surface area contributed by atoms with E-state index in [-0.39, 0.29) is 5.76 Å². The second-order valence-corrected chi connectivity index (χ2v) is 5.87. The summed E-state index contributed by atoms with van der Waals surface area (Å²) in [5, 5.41) is 8.53.